The van der Waals surface area contributed by atoms with Crippen molar-refractivity contribution in [2.75, 3.05) is 25.6 Å². The van der Waals surface area contributed by atoms with Crippen molar-refractivity contribution in [1.29, 1.82) is 0 Å². The zero-order valence-corrected chi connectivity index (χ0v) is 14.1. The van der Waals surface area contributed by atoms with E-state index < -0.39 is 24.6 Å². The number of hydrogen-bond donors (Lipinski definition) is 0. The molecule has 118 valence electrons. The Morgan fingerprint density at radius 2 is 1.75 bits per heavy atom. The molecule has 1 aliphatic heterocycles. The first kappa shape index (κ1) is 17.6. The highest BCUT2D eigenvalue weighted by atomic mass is 32.2. The summed E-state index contributed by atoms with van der Waals surface area (Å²) in [5.41, 5.74) is 0. The highest BCUT2D eigenvalue weighted by Gasteiger charge is 2.39. The number of carbonyl (C=O) groups excluding carboxylic acids is 1. The lowest BCUT2D eigenvalue weighted by molar-refractivity contribution is -0.122. The van der Waals surface area contributed by atoms with Gasteiger partial charge in [-0.25, -0.2) is 21.1 Å². The molecule has 1 atom stereocenters. The Hall–Kier alpha value is -0.470. The van der Waals surface area contributed by atoms with Gasteiger partial charge in [-0.3, -0.25) is 4.79 Å². The summed E-state index contributed by atoms with van der Waals surface area (Å²) >= 11 is 0. The highest BCUT2D eigenvalue weighted by molar-refractivity contribution is 7.92. The monoisotopic (exact) mass is 325 g/mol. The van der Waals surface area contributed by atoms with Gasteiger partial charge in [0, 0.05) is 25.8 Å². The van der Waals surface area contributed by atoms with Crippen LogP contribution in [0.2, 0.25) is 0 Å². The van der Waals surface area contributed by atoms with Crippen molar-refractivity contribution in [2.45, 2.75) is 37.9 Å². The van der Waals surface area contributed by atoms with Crippen molar-refractivity contribution in [1.82, 2.24) is 4.31 Å². The Morgan fingerprint density at radius 3 is 2.20 bits per heavy atom. The topological polar surface area (TPSA) is 88.6 Å². The van der Waals surface area contributed by atoms with Gasteiger partial charge in [0.05, 0.1) is 6.26 Å². The van der Waals surface area contributed by atoms with E-state index >= 15 is 0 Å². The second kappa shape index (κ2) is 5.73. The summed E-state index contributed by atoms with van der Waals surface area (Å²) in [5, 5.41) is 0. The molecular formula is C12H23NO5S2. The first-order valence-corrected chi connectivity index (χ1v) is 10.3. The first-order chi connectivity index (χ1) is 8.85. The molecule has 0 bridgehead atoms. The molecule has 1 fully saturated rings. The second-order valence-corrected chi connectivity index (χ2v) is 10.6. The van der Waals surface area contributed by atoms with Gasteiger partial charge in [0.15, 0.2) is 15.6 Å². The zero-order chi connectivity index (χ0) is 15.8. The van der Waals surface area contributed by atoms with Gasteiger partial charge in [-0.2, -0.15) is 0 Å². The molecule has 0 saturated carbocycles. The summed E-state index contributed by atoms with van der Waals surface area (Å²) in [6.07, 6.45) is 3.75. The molecule has 0 aromatic carbocycles. The molecule has 0 aromatic rings. The van der Waals surface area contributed by atoms with E-state index in [0.29, 0.717) is 19.5 Å². The molecule has 6 nitrogen and oxygen atoms in total. The van der Waals surface area contributed by atoms with Crippen molar-refractivity contribution in [3.05, 3.63) is 0 Å². The van der Waals surface area contributed by atoms with Gasteiger partial charge in [0.1, 0.15) is 4.75 Å². The van der Waals surface area contributed by atoms with E-state index in [4.69, 9.17) is 0 Å². The van der Waals surface area contributed by atoms with Gasteiger partial charge in [-0.05, 0) is 32.6 Å². The number of sulfone groups is 1. The molecule has 0 radical (unpaired) electrons. The molecule has 1 heterocycles. The number of hydrogen-bond acceptors (Lipinski definition) is 5. The molecule has 0 N–H and O–H groups in total. The number of piperidine rings is 1. The van der Waals surface area contributed by atoms with Crippen LogP contribution >= 0.6 is 0 Å². The van der Waals surface area contributed by atoms with E-state index in [1.165, 1.54) is 18.2 Å². The number of rotatable bonds is 5. The van der Waals surface area contributed by atoms with Crippen molar-refractivity contribution in [3.8, 4) is 0 Å². The van der Waals surface area contributed by atoms with E-state index in [1.807, 2.05) is 0 Å². The van der Waals surface area contributed by atoms with Gasteiger partial charge in [0.25, 0.3) is 0 Å². The lowest BCUT2D eigenvalue weighted by Crippen LogP contribution is -2.44. The van der Waals surface area contributed by atoms with Gasteiger partial charge < -0.3 is 0 Å². The number of sulfonamides is 1. The van der Waals surface area contributed by atoms with Gasteiger partial charge >= 0.3 is 0 Å². The maximum Gasteiger partial charge on any atom is 0.211 e. The average Bonchev–Trinajstić information content (AvgIpc) is 2.26. The summed E-state index contributed by atoms with van der Waals surface area (Å²) in [5.74, 6) is -0.452. The summed E-state index contributed by atoms with van der Waals surface area (Å²) in [6, 6.07) is 0. The van der Waals surface area contributed by atoms with Crippen LogP contribution in [0.15, 0.2) is 0 Å². The molecule has 0 amide bonds. The van der Waals surface area contributed by atoms with E-state index in [0.717, 1.165) is 18.9 Å². The molecule has 1 rings (SSSR count). The minimum Gasteiger partial charge on any atom is -0.298 e. The molecule has 0 aliphatic carbocycles. The van der Waals surface area contributed by atoms with Crippen LogP contribution in [-0.2, 0) is 24.7 Å². The fourth-order valence-corrected chi connectivity index (χ4v) is 3.65. The Kier molecular flexibility index (Phi) is 5.04. The van der Waals surface area contributed by atoms with Crippen LogP contribution < -0.4 is 0 Å². The first-order valence-electron chi connectivity index (χ1n) is 6.53. The Morgan fingerprint density at radius 1 is 1.20 bits per heavy atom. The molecule has 0 spiro atoms. The zero-order valence-electron chi connectivity index (χ0n) is 12.4. The molecule has 1 aliphatic rings. The predicted octanol–water partition coefficient (Wildman–Crippen LogP) is 0.440. The number of Topliss-reactive ketones (excluding diaryl/α,β-unsaturated/α-hetero) is 1. The summed E-state index contributed by atoms with van der Waals surface area (Å²) < 4.78 is 46.2. The predicted molar refractivity (Wildman–Crippen MR) is 77.7 cm³/mol. The van der Waals surface area contributed by atoms with Crippen LogP contribution in [0, 0.1) is 5.92 Å². The maximum atomic E-state index is 12.2. The van der Waals surface area contributed by atoms with Gasteiger partial charge in [0.2, 0.25) is 10.0 Å². The summed E-state index contributed by atoms with van der Waals surface area (Å²) in [7, 11) is -6.73. The Labute approximate surface area is 121 Å². The van der Waals surface area contributed by atoms with Crippen LogP contribution in [0.25, 0.3) is 0 Å². The van der Waals surface area contributed by atoms with E-state index in [2.05, 4.69) is 0 Å². The number of nitrogens with zero attached hydrogens (tertiary/aromatic N) is 1. The largest absolute Gasteiger partial charge is 0.298 e. The molecule has 8 heteroatoms. The van der Waals surface area contributed by atoms with Crippen LogP contribution in [0.4, 0.5) is 0 Å². The molecule has 1 unspecified atom stereocenters. The van der Waals surface area contributed by atoms with Gasteiger partial charge in [-0.15, -0.1) is 0 Å². The lowest BCUT2D eigenvalue weighted by Gasteiger charge is -2.32. The van der Waals surface area contributed by atoms with Crippen LogP contribution in [0.5, 0.6) is 0 Å². The van der Waals surface area contributed by atoms with Crippen molar-refractivity contribution < 1.29 is 21.6 Å². The minimum atomic E-state index is -3.48. The molecular weight excluding hydrogens is 302 g/mol. The minimum absolute atomic E-state index is 0.103. The number of carbonyl (C=O) groups is 1. The van der Waals surface area contributed by atoms with E-state index in [-0.39, 0.29) is 18.1 Å². The standard InChI is InChI=1S/C12H23NO5S2/c1-12(2,19(3,15)16)11(14)8-10-6-5-7-13(9-10)20(4,17)18/h10H,5-9H2,1-4H3. The molecule has 0 aromatic heterocycles. The van der Waals surface area contributed by atoms with Crippen LogP contribution in [0.1, 0.15) is 33.1 Å². The van der Waals surface area contributed by atoms with Crippen LogP contribution in [0.3, 0.4) is 0 Å². The Balaban J connectivity index is 2.77. The SMILES string of the molecule is CC(C)(C(=O)CC1CCCN(S(C)(=O)=O)C1)S(C)(=O)=O. The van der Waals surface area contributed by atoms with E-state index in [1.54, 1.807) is 0 Å². The van der Waals surface area contributed by atoms with Gasteiger partial charge in [-0.1, -0.05) is 0 Å². The summed E-state index contributed by atoms with van der Waals surface area (Å²) in [4.78, 5) is 12.2. The fourth-order valence-electron chi connectivity index (χ4n) is 2.21. The average molecular weight is 325 g/mol. The lowest BCUT2D eigenvalue weighted by atomic mass is 9.90. The third kappa shape index (κ3) is 4.02. The highest BCUT2D eigenvalue weighted by Crippen LogP contribution is 2.26. The third-order valence-corrected chi connectivity index (χ3v) is 7.37. The van der Waals surface area contributed by atoms with E-state index in [9.17, 15) is 21.6 Å². The molecule has 20 heavy (non-hydrogen) atoms. The van der Waals surface area contributed by atoms with Crippen molar-refractivity contribution in [3.63, 3.8) is 0 Å². The van der Waals surface area contributed by atoms with Crippen LogP contribution in [-0.4, -0.2) is 57.3 Å². The maximum absolute atomic E-state index is 12.2. The smallest absolute Gasteiger partial charge is 0.211 e. The Bertz CT molecular complexity index is 577. The normalized spacial score (nSPS) is 22.7. The quantitative estimate of drug-likeness (QED) is 0.732. The summed E-state index contributed by atoms with van der Waals surface area (Å²) in [6.45, 7) is 3.58. The fraction of sp³-hybridized carbons (Fsp3) is 0.917. The third-order valence-electron chi connectivity index (χ3n) is 4.02. The van der Waals surface area contributed by atoms with Crippen molar-refractivity contribution >= 4 is 25.6 Å². The molecule has 1 saturated heterocycles. The van der Waals surface area contributed by atoms with Crippen molar-refractivity contribution in [2.24, 2.45) is 5.92 Å². The number of ketones is 1. The second-order valence-electron chi connectivity index (χ2n) is 6.04.